The second kappa shape index (κ2) is 10.2. The Morgan fingerprint density at radius 2 is 1.79 bits per heavy atom. The molecule has 0 spiro atoms. The third-order valence-corrected chi connectivity index (χ3v) is 11.5. The van der Waals surface area contributed by atoms with Crippen LogP contribution >= 0.6 is 0 Å². The van der Waals surface area contributed by atoms with Crippen molar-refractivity contribution in [1.82, 2.24) is 0 Å². The van der Waals surface area contributed by atoms with Gasteiger partial charge >= 0.3 is 11.9 Å². The topological polar surface area (TPSA) is 89.9 Å². The summed E-state index contributed by atoms with van der Waals surface area (Å²) in [5.41, 5.74) is 1.99. The van der Waals surface area contributed by atoms with Crippen molar-refractivity contribution in [3.63, 3.8) is 0 Å². The zero-order chi connectivity index (χ0) is 28.2. The molecule has 6 nitrogen and oxygen atoms in total. The molecule has 38 heavy (non-hydrogen) atoms. The number of allylic oxidation sites excluding steroid dienone is 2. The molecular formula is C32H48O6. The van der Waals surface area contributed by atoms with Crippen LogP contribution in [-0.4, -0.2) is 42.1 Å². The Bertz CT molecular complexity index is 1050. The van der Waals surface area contributed by atoms with Gasteiger partial charge in [-0.25, -0.2) is 4.79 Å². The van der Waals surface area contributed by atoms with Crippen molar-refractivity contribution in [2.24, 2.45) is 39.9 Å². The molecule has 4 aliphatic rings. The van der Waals surface area contributed by atoms with Crippen LogP contribution in [0.2, 0.25) is 0 Å². The van der Waals surface area contributed by atoms with Crippen LogP contribution in [0, 0.1) is 39.9 Å². The summed E-state index contributed by atoms with van der Waals surface area (Å²) in [5.74, 6) is -0.148. The van der Waals surface area contributed by atoms with E-state index in [4.69, 9.17) is 9.47 Å². The Balaban J connectivity index is 1.84. The van der Waals surface area contributed by atoms with Crippen LogP contribution in [0.25, 0.3) is 0 Å². The number of Topliss-reactive ketones (excluding diaryl/α,β-unsaturated/α-hetero) is 1. The molecule has 4 fully saturated rings. The number of esters is 2. The number of fused-ring (bicyclic) bond motifs is 5. The molecule has 0 amide bonds. The van der Waals surface area contributed by atoms with Gasteiger partial charge in [-0.3, -0.25) is 9.59 Å². The highest BCUT2D eigenvalue weighted by molar-refractivity contribution is 5.90. The quantitative estimate of drug-likeness (QED) is 0.269. The molecular weight excluding hydrogens is 480 g/mol. The maximum Gasteiger partial charge on any atom is 0.333 e. The van der Waals surface area contributed by atoms with Gasteiger partial charge in [0.1, 0.15) is 11.9 Å². The number of hydrogen-bond donors (Lipinski definition) is 1. The van der Waals surface area contributed by atoms with Gasteiger partial charge < -0.3 is 14.6 Å². The van der Waals surface area contributed by atoms with Crippen molar-refractivity contribution >= 4 is 17.7 Å². The van der Waals surface area contributed by atoms with Crippen molar-refractivity contribution in [3.05, 3.63) is 22.8 Å². The Morgan fingerprint density at radius 1 is 1.11 bits per heavy atom. The maximum absolute atomic E-state index is 13.2. The molecule has 6 heteroatoms. The van der Waals surface area contributed by atoms with Crippen molar-refractivity contribution in [2.45, 2.75) is 112 Å². The largest absolute Gasteiger partial charge is 0.466 e. The van der Waals surface area contributed by atoms with Crippen molar-refractivity contribution in [3.8, 4) is 0 Å². The number of ketones is 1. The second-order valence-electron chi connectivity index (χ2n) is 13.6. The van der Waals surface area contributed by atoms with Crippen LogP contribution in [-0.2, 0) is 23.9 Å². The van der Waals surface area contributed by atoms with Gasteiger partial charge in [-0.05, 0) is 98.4 Å². The van der Waals surface area contributed by atoms with Gasteiger partial charge in [0.05, 0.1) is 13.2 Å². The van der Waals surface area contributed by atoms with E-state index in [1.165, 1.54) is 19.6 Å². The molecule has 0 bridgehead atoms. The standard InChI is InChI=1S/C32H48O6/c1-18(2)10-9-11-21(29(36)37-8)27-23-16-25(35)28-30(5)14-13-24(34)19(3)22(30)12-15-31(28,6)32(23,7)17-26(27)38-20(4)33/h10,19,22-23,25-26,28,35H,9,11-17H2,1-8H3/b27-21+. The summed E-state index contributed by atoms with van der Waals surface area (Å²) in [4.78, 5) is 38.2. The highest BCUT2D eigenvalue weighted by atomic mass is 16.5. The molecule has 0 saturated heterocycles. The van der Waals surface area contributed by atoms with Crippen molar-refractivity contribution in [1.29, 1.82) is 0 Å². The van der Waals surface area contributed by atoms with Crippen LogP contribution in [0.15, 0.2) is 22.8 Å². The fourth-order valence-corrected chi connectivity index (χ4v) is 9.71. The van der Waals surface area contributed by atoms with Crippen LogP contribution in [0.5, 0.6) is 0 Å². The Hall–Kier alpha value is -1.95. The zero-order valence-electron chi connectivity index (χ0n) is 24.7. The van der Waals surface area contributed by atoms with E-state index < -0.39 is 12.2 Å². The average Bonchev–Trinajstić information content (AvgIpc) is 3.10. The fourth-order valence-electron chi connectivity index (χ4n) is 9.71. The second-order valence-corrected chi connectivity index (χ2v) is 13.6. The predicted octanol–water partition coefficient (Wildman–Crippen LogP) is 5.96. The van der Waals surface area contributed by atoms with E-state index in [-0.39, 0.29) is 51.9 Å². The normalized spacial score (nSPS) is 43.3. The van der Waals surface area contributed by atoms with Gasteiger partial charge in [0.2, 0.25) is 0 Å². The van der Waals surface area contributed by atoms with Gasteiger partial charge in [0.15, 0.2) is 0 Å². The van der Waals surface area contributed by atoms with Gasteiger partial charge in [0, 0.05) is 24.8 Å². The number of aliphatic hydroxyl groups excluding tert-OH is 1. The highest BCUT2D eigenvalue weighted by Crippen LogP contribution is 2.74. The maximum atomic E-state index is 13.2. The first kappa shape index (κ1) is 29.0. The first-order valence-electron chi connectivity index (χ1n) is 14.5. The van der Waals surface area contributed by atoms with Crippen molar-refractivity contribution in [2.75, 3.05) is 7.11 Å². The average molecular weight is 529 g/mol. The molecule has 212 valence electrons. The molecule has 0 aromatic heterocycles. The van der Waals surface area contributed by atoms with Crippen LogP contribution in [0.3, 0.4) is 0 Å². The van der Waals surface area contributed by atoms with E-state index in [2.05, 4.69) is 33.8 Å². The molecule has 9 unspecified atom stereocenters. The molecule has 0 aliphatic heterocycles. The summed E-state index contributed by atoms with van der Waals surface area (Å²) in [6, 6.07) is 0. The number of methoxy groups -OCH3 is 1. The molecule has 0 radical (unpaired) electrons. The van der Waals surface area contributed by atoms with Gasteiger partial charge in [0.25, 0.3) is 0 Å². The summed E-state index contributed by atoms with van der Waals surface area (Å²) < 4.78 is 11.2. The lowest BCUT2D eigenvalue weighted by atomic mass is 9.36. The van der Waals surface area contributed by atoms with E-state index >= 15 is 0 Å². The molecule has 4 rings (SSSR count). The molecule has 0 aromatic rings. The fraction of sp³-hybridized carbons (Fsp3) is 0.781. The third kappa shape index (κ3) is 4.39. The highest BCUT2D eigenvalue weighted by Gasteiger charge is 2.70. The summed E-state index contributed by atoms with van der Waals surface area (Å²) in [5, 5.41) is 12.0. The lowest BCUT2D eigenvalue weighted by Crippen LogP contribution is -2.65. The monoisotopic (exact) mass is 528 g/mol. The SMILES string of the molecule is COC(=O)/C(CCC=C(C)C)=C1/C(OC(C)=O)CC2(C)C1CC(O)C1C3(C)CCC(=O)C(C)C3CCC12C. The molecule has 1 N–H and O–H groups in total. The minimum absolute atomic E-state index is 0.0184. The summed E-state index contributed by atoms with van der Waals surface area (Å²) in [7, 11) is 1.40. The summed E-state index contributed by atoms with van der Waals surface area (Å²) in [6.45, 7) is 14.5. The minimum Gasteiger partial charge on any atom is -0.466 e. The molecule has 9 atom stereocenters. The van der Waals surface area contributed by atoms with Gasteiger partial charge in [-0.1, -0.05) is 39.3 Å². The van der Waals surface area contributed by atoms with Crippen LogP contribution in [0.1, 0.15) is 99.8 Å². The number of carbonyl (C=O) groups is 3. The van der Waals surface area contributed by atoms with E-state index in [0.29, 0.717) is 43.5 Å². The first-order valence-corrected chi connectivity index (χ1v) is 14.5. The summed E-state index contributed by atoms with van der Waals surface area (Å²) in [6.07, 6.45) is 6.64. The number of ether oxygens (including phenoxy) is 2. The predicted molar refractivity (Wildman–Crippen MR) is 146 cm³/mol. The minimum atomic E-state index is -0.561. The van der Waals surface area contributed by atoms with E-state index in [9.17, 15) is 19.5 Å². The third-order valence-electron chi connectivity index (χ3n) is 11.5. The van der Waals surface area contributed by atoms with Crippen LogP contribution < -0.4 is 0 Å². The van der Waals surface area contributed by atoms with E-state index in [0.717, 1.165) is 24.8 Å². The van der Waals surface area contributed by atoms with Crippen LogP contribution in [0.4, 0.5) is 0 Å². The summed E-state index contributed by atoms with van der Waals surface area (Å²) >= 11 is 0. The number of aliphatic hydroxyl groups is 1. The van der Waals surface area contributed by atoms with E-state index in [1.54, 1.807) is 0 Å². The van der Waals surface area contributed by atoms with E-state index in [1.807, 2.05) is 13.8 Å². The Morgan fingerprint density at radius 3 is 2.39 bits per heavy atom. The molecule has 0 aromatic carbocycles. The van der Waals surface area contributed by atoms with Crippen molar-refractivity contribution < 1.29 is 29.0 Å². The molecule has 4 aliphatic carbocycles. The van der Waals surface area contributed by atoms with Gasteiger partial charge in [-0.15, -0.1) is 0 Å². The lowest BCUT2D eigenvalue weighted by molar-refractivity contribution is -0.223. The molecule has 4 saturated carbocycles. The number of hydrogen-bond acceptors (Lipinski definition) is 6. The smallest absolute Gasteiger partial charge is 0.333 e. The number of carbonyl (C=O) groups excluding carboxylic acids is 3. The zero-order valence-corrected chi connectivity index (χ0v) is 24.7. The lowest BCUT2D eigenvalue weighted by Gasteiger charge is -2.68. The first-order chi connectivity index (χ1) is 17.7. The molecule has 0 heterocycles. The Kier molecular flexibility index (Phi) is 7.81. The Labute approximate surface area is 228 Å². The van der Waals surface area contributed by atoms with Gasteiger partial charge in [-0.2, -0.15) is 0 Å². The number of rotatable bonds is 5.